The van der Waals surface area contributed by atoms with E-state index in [0.717, 1.165) is 23.0 Å². The standard InChI is InChI=1S/C17H19N3O2S/c1-17-7-6-15(21)20(17)14(10-23-17)16(22)18-9-12-8-11-4-2-3-5-13(11)19-12/h2-5,8,14,19H,6-7,9-10H2,1H3,(H,18,22)/t14-,17-/m0/s1. The maximum atomic E-state index is 12.5. The summed E-state index contributed by atoms with van der Waals surface area (Å²) in [4.78, 5) is 29.5. The molecule has 2 amide bonds. The van der Waals surface area contributed by atoms with E-state index in [9.17, 15) is 9.59 Å². The van der Waals surface area contributed by atoms with Crippen LogP contribution in [0, 0.1) is 0 Å². The zero-order chi connectivity index (χ0) is 16.0. The molecule has 0 bridgehead atoms. The van der Waals surface area contributed by atoms with Gasteiger partial charge in [-0.2, -0.15) is 0 Å². The SMILES string of the molecule is C[C@]12CCC(=O)N1[C@H](C(=O)NCc1cc3ccccc3[nH]1)CS2. The minimum Gasteiger partial charge on any atom is -0.357 e. The average Bonchev–Trinajstić information content (AvgIpc) is 3.18. The largest absolute Gasteiger partial charge is 0.357 e. The topological polar surface area (TPSA) is 65.2 Å². The fourth-order valence-electron chi connectivity index (χ4n) is 3.54. The zero-order valence-electron chi connectivity index (χ0n) is 13.0. The van der Waals surface area contributed by atoms with E-state index in [1.807, 2.05) is 30.3 Å². The molecule has 2 N–H and O–H groups in total. The van der Waals surface area contributed by atoms with Crippen molar-refractivity contribution < 1.29 is 9.59 Å². The van der Waals surface area contributed by atoms with Crippen LogP contribution >= 0.6 is 11.8 Å². The Hall–Kier alpha value is -1.95. The first-order chi connectivity index (χ1) is 11.1. The summed E-state index contributed by atoms with van der Waals surface area (Å²) in [5.74, 6) is 0.722. The monoisotopic (exact) mass is 329 g/mol. The lowest BCUT2D eigenvalue weighted by molar-refractivity contribution is -0.138. The highest BCUT2D eigenvalue weighted by Gasteiger charge is 2.52. The lowest BCUT2D eigenvalue weighted by Crippen LogP contribution is -2.49. The number of nitrogens with zero attached hydrogens (tertiary/aromatic N) is 1. The van der Waals surface area contributed by atoms with Gasteiger partial charge in [0.15, 0.2) is 0 Å². The maximum Gasteiger partial charge on any atom is 0.244 e. The first-order valence-corrected chi connectivity index (χ1v) is 8.86. The summed E-state index contributed by atoms with van der Waals surface area (Å²) >= 11 is 1.72. The Morgan fingerprint density at radius 3 is 3.13 bits per heavy atom. The molecule has 3 heterocycles. The molecule has 5 nitrogen and oxygen atoms in total. The van der Waals surface area contributed by atoms with Gasteiger partial charge < -0.3 is 15.2 Å². The van der Waals surface area contributed by atoms with Gasteiger partial charge >= 0.3 is 0 Å². The maximum absolute atomic E-state index is 12.5. The summed E-state index contributed by atoms with van der Waals surface area (Å²) < 4.78 is 0. The van der Waals surface area contributed by atoms with Crippen molar-refractivity contribution in [3.8, 4) is 0 Å². The van der Waals surface area contributed by atoms with Crippen molar-refractivity contribution in [3.63, 3.8) is 0 Å². The van der Waals surface area contributed by atoms with Crippen molar-refractivity contribution in [1.29, 1.82) is 0 Å². The second kappa shape index (κ2) is 5.30. The molecule has 1 aromatic carbocycles. The van der Waals surface area contributed by atoms with E-state index >= 15 is 0 Å². The second-order valence-corrected chi connectivity index (χ2v) is 7.87. The van der Waals surface area contributed by atoms with Gasteiger partial charge in [-0.15, -0.1) is 11.8 Å². The van der Waals surface area contributed by atoms with Gasteiger partial charge in [0.05, 0.1) is 11.4 Å². The number of carbonyl (C=O) groups excluding carboxylic acids is 2. The molecule has 0 radical (unpaired) electrons. The fraction of sp³-hybridized carbons (Fsp3) is 0.412. The van der Waals surface area contributed by atoms with Gasteiger partial charge in [-0.1, -0.05) is 18.2 Å². The number of amides is 2. The van der Waals surface area contributed by atoms with Crippen LogP contribution in [0.5, 0.6) is 0 Å². The second-order valence-electron chi connectivity index (χ2n) is 6.37. The summed E-state index contributed by atoms with van der Waals surface area (Å²) in [6, 6.07) is 9.74. The number of aromatic amines is 1. The van der Waals surface area contributed by atoms with Gasteiger partial charge in [-0.3, -0.25) is 9.59 Å². The van der Waals surface area contributed by atoms with Gasteiger partial charge in [0.2, 0.25) is 11.8 Å². The molecule has 2 aromatic rings. The molecule has 0 unspecified atom stereocenters. The molecule has 0 aliphatic carbocycles. The van der Waals surface area contributed by atoms with Crippen LogP contribution in [0.15, 0.2) is 30.3 Å². The van der Waals surface area contributed by atoms with Crippen molar-refractivity contribution in [2.75, 3.05) is 5.75 Å². The van der Waals surface area contributed by atoms with Crippen LogP contribution in [0.4, 0.5) is 0 Å². The third-order valence-corrected chi connectivity index (χ3v) is 6.29. The molecular formula is C17H19N3O2S. The van der Waals surface area contributed by atoms with E-state index in [0.29, 0.717) is 18.7 Å². The van der Waals surface area contributed by atoms with Gasteiger partial charge in [0, 0.05) is 23.4 Å². The van der Waals surface area contributed by atoms with Gasteiger partial charge in [-0.25, -0.2) is 0 Å². The smallest absolute Gasteiger partial charge is 0.244 e. The summed E-state index contributed by atoms with van der Waals surface area (Å²) in [7, 11) is 0. The quantitative estimate of drug-likeness (QED) is 0.908. The number of carbonyl (C=O) groups is 2. The number of thioether (sulfide) groups is 1. The van der Waals surface area contributed by atoms with Crippen molar-refractivity contribution in [1.82, 2.24) is 15.2 Å². The predicted octanol–water partition coefficient (Wildman–Crippen LogP) is 2.24. The van der Waals surface area contributed by atoms with E-state index in [1.165, 1.54) is 0 Å². The number of rotatable bonds is 3. The van der Waals surface area contributed by atoms with Crippen molar-refractivity contribution >= 4 is 34.5 Å². The molecule has 0 saturated carbocycles. The number of nitrogens with one attached hydrogen (secondary N) is 2. The van der Waals surface area contributed by atoms with Crippen LogP contribution in [0.1, 0.15) is 25.5 Å². The highest BCUT2D eigenvalue weighted by molar-refractivity contribution is 8.01. The molecule has 2 aliphatic heterocycles. The Bertz CT molecular complexity index is 754. The Balaban J connectivity index is 1.45. The summed E-state index contributed by atoms with van der Waals surface area (Å²) in [6.45, 7) is 2.51. The summed E-state index contributed by atoms with van der Waals surface area (Å²) in [5, 5.41) is 4.11. The molecule has 2 atom stereocenters. The first kappa shape index (κ1) is 14.6. The number of hydrogen-bond donors (Lipinski definition) is 2. The number of para-hydroxylation sites is 1. The molecule has 2 aliphatic rings. The van der Waals surface area contributed by atoms with Gasteiger partial charge in [0.25, 0.3) is 0 Å². The third kappa shape index (κ3) is 2.41. The normalized spacial score (nSPS) is 26.7. The van der Waals surface area contributed by atoms with Crippen LogP contribution in [-0.4, -0.2) is 38.4 Å². The van der Waals surface area contributed by atoms with Crippen LogP contribution in [-0.2, 0) is 16.1 Å². The Kier molecular flexibility index (Phi) is 3.37. The average molecular weight is 329 g/mol. The molecule has 1 aromatic heterocycles. The predicted molar refractivity (Wildman–Crippen MR) is 90.9 cm³/mol. The van der Waals surface area contributed by atoms with Crippen LogP contribution in [0.3, 0.4) is 0 Å². The van der Waals surface area contributed by atoms with Crippen molar-refractivity contribution in [2.45, 2.75) is 37.2 Å². The molecule has 2 saturated heterocycles. The van der Waals surface area contributed by atoms with Gasteiger partial charge in [-0.05, 0) is 30.9 Å². The Morgan fingerprint density at radius 1 is 1.48 bits per heavy atom. The Morgan fingerprint density at radius 2 is 2.30 bits per heavy atom. The van der Waals surface area contributed by atoms with Crippen molar-refractivity contribution in [3.05, 3.63) is 36.0 Å². The number of benzene rings is 1. The molecule has 6 heteroatoms. The number of hydrogen-bond acceptors (Lipinski definition) is 3. The number of fused-ring (bicyclic) bond motifs is 2. The molecular weight excluding hydrogens is 310 g/mol. The van der Waals surface area contributed by atoms with Crippen LogP contribution in [0.25, 0.3) is 10.9 Å². The van der Waals surface area contributed by atoms with E-state index < -0.39 is 0 Å². The van der Waals surface area contributed by atoms with E-state index in [4.69, 9.17) is 0 Å². The lowest BCUT2D eigenvalue weighted by atomic mass is 10.2. The third-order valence-electron chi connectivity index (χ3n) is 4.79. The van der Waals surface area contributed by atoms with E-state index in [2.05, 4.69) is 17.2 Å². The minimum absolute atomic E-state index is 0.0601. The molecule has 4 rings (SSSR count). The fourth-order valence-corrected chi connectivity index (χ4v) is 4.98. The molecule has 2 fully saturated rings. The molecule has 0 spiro atoms. The molecule has 23 heavy (non-hydrogen) atoms. The Labute approximate surface area is 138 Å². The van der Waals surface area contributed by atoms with E-state index in [1.54, 1.807) is 16.7 Å². The first-order valence-electron chi connectivity index (χ1n) is 7.87. The summed E-state index contributed by atoms with van der Waals surface area (Å²) in [5.41, 5.74) is 2.04. The lowest BCUT2D eigenvalue weighted by Gasteiger charge is -2.29. The zero-order valence-corrected chi connectivity index (χ0v) is 13.8. The highest BCUT2D eigenvalue weighted by Crippen LogP contribution is 2.47. The van der Waals surface area contributed by atoms with E-state index in [-0.39, 0.29) is 22.7 Å². The highest BCUT2D eigenvalue weighted by atomic mass is 32.2. The van der Waals surface area contributed by atoms with Crippen LogP contribution in [0.2, 0.25) is 0 Å². The number of aromatic nitrogens is 1. The number of H-pyrrole nitrogens is 1. The summed E-state index contributed by atoms with van der Waals surface area (Å²) in [6.07, 6.45) is 1.39. The minimum atomic E-state index is -0.343. The van der Waals surface area contributed by atoms with Crippen molar-refractivity contribution in [2.24, 2.45) is 0 Å². The molecule has 120 valence electrons. The van der Waals surface area contributed by atoms with Crippen LogP contribution < -0.4 is 5.32 Å². The van der Waals surface area contributed by atoms with Gasteiger partial charge in [0.1, 0.15) is 6.04 Å².